The molecule has 0 aliphatic carbocycles. The maximum absolute atomic E-state index is 12.2. The lowest BCUT2D eigenvalue weighted by Crippen LogP contribution is -2.14. The molecule has 4 heteroatoms. The number of amides is 1. The summed E-state index contributed by atoms with van der Waals surface area (Å²) in [5.74, 6) is 0.0381. The quantitative estimate of drug-likeness (QED) is 0.930. The molecular weight excluding hydrogens is 286 g/mol. The predicted molar refractivity (Wildman–Crippen MR) is 94.8 cm³/mol. The van der Waals surface area contributed by atoms with Crippen LogP contribution in [0.1, 0.15) is 49.7 Å². The van der Waals surface area contributed by atoms with Crippen molar-refractivity contribution in [2.24, 2.45) is 7.05 Å². The van der Waals surface area contributed by atoms with E-state index in [1.54, 1.807) is 0 Å². The average Bonchev–Trinajstić information content (AvgIpc) is 2.70. The number of carbonyl (C=O) groups is 1. The summed E-state index contributed by atoms with van der Waals surface area (Å²) >= 11 is 0. The minimum atomic E-state index is 0.0381. The van der Waals surface area contributed by atoms with E-state index in [9.17, 15) is 4.79 Å². The highest BCUT2D eigenvalue weighted by Crippen LogP contribution is 2.23. The van der Waals surface area contributed by atoms with Crippen LogP contribution in [-0.2, 0) is 23.7 Å². The van der Waals surface area contributed by atoms with E-state index in [2.05, 4.69) is 43.3 Å². The van der Waals surface area contributed by atoms with E-state index < -0.39 is 0 Å². The van der Waals surface area contributed by atoms with Crippen molar-refractivity contribution >= 4 is 11.6 Å². The molecule has 4 nitrogen and oxygen atoms in total. The molecule has 0 unspecified atom stereocenters. The molecule has 0 aliphatic rings. The Morgan fingerprint density at radius 3 is 2.26 bits per heavy atom. The number of nitrogens with one attached hydrogen (secondary N) is 1. The summed E-state index contributed by atoms with van der Waals surface area (Å²) in [6, 6.07) is 8.09. The van der Waals surface area contributed by atoms with Gasteiger partial charge in [0.05, 0.1) is 5.69 Å². The van der Waals surface area contributed by atoms with Gasteiger partial charge in [-0.2, -0.15) is 5.10 Å². The molecule has 1 amide bonds. The first-order valence-electron chi connectivity index (χ1n) is 8.08. The number of anilines is 1. The minimum absolute atomic E-state index is 0.0381. The Kier molecular flexibility index (Phi) is 4.93. The molecule has 124 valence electrons. The van der Waals surface area contributed by atoms with Gasteiger partial charge in [-0.1, -0.05) is 32.9 Å². The van der Waals surface area contributed by atoms with Gasteiger partial charge in [0.1, 0.15) is 0 Å². The Labute approximate surface area is 138 Å². The molecule has 1 heterocycles. The summed E-state index contributed by atoms with van der Waals surface area (Å²) in [6.07, 6.45) is 1.19. The third-order valence-corrected chi connectivity index (χ3v) is 4.30. The molecule has 0 bridgehead atoms. The lowest BCUT2D eigenvalue weighted by Gasteiger charge is -2.19. The molecule has 1 aromatic heterocycles. The fourth-order valence-electron chi connectivity index (χ4n) is 2.69. The molecule has 0 radical (unpaired) electrons. The van der Waals surface area contributed by atoms with Crippen molar-refractivity contribution in [3.05, 3.63) is 46.8 Å². The van der Waals surface area contributed by atoms with Crippen LogP contribution in [0.5, 0.6) is 0 Å². The van der Waals surface area contributed by atoms with Crippen LogP contribution in [0, 0.1) is 13.8 Å². The van der Waals surface area contributed by atoms with Crippen molar-refractivity contribution in [1.29, 1.82) is 0 Å². The molecule has 0 saturated heterocycles. The Bertz CT molecular complexity index is 691. The van der Waals surface area contributed by atoms with E-state index in [4.69, 9.17) is 0 Å². The first-order chi connectivity index (χ1) is 10.7. The molecule has 0 fully saturated rings. The van der Waals surface area contributed by atoms with Crippen molar-refractivity contribution in [2.45, 2.75) is 52.9 Å². The highest BCUT2D eigenvalue weighted by atomic mass is 16.1. The van der Waals surface area contributed by atoms with Gasteiger partial charge in [0.25, 0.3) is 0 Å². The van der Waals surface area contributed by atoms with E-state index in [0.717, 1.165) is 23.5 Å². The van der Waals surface area contributed by atoms with Gasteiger partial charge in [0, 0.05) is 24.8 Å². The molecule has 1 N–H and O–H groups in total. The van der Waals surface area contributed by atoms with E-state index in [-0.39, 0.29) is 11.3 Å². The van der Waals surface area contributed by atoms with Crippen LogP contribution in [0.15, 0.2) is 24.3 Å². The third kappa shape index (κ3) is 4.21. The number of rotatable bonds is 4. The van der Waals surface area contributed by atoms with Gasteiger partial charge in [-0.05, 0) is 48.9 Å². The first-order valence-corrected chi connectivity index (χ1v) is 8.08. The second kappa shape index (κ2) is 6.57. The van der Waals surface area contributed by atoms with Crippen LogP contribution < -0.4 is 5.32 Å². The smallest absolute Gasteiger partial charge is 0.224 e. The lowest BCUT2D eigenvalue weighted by molar-refractivity contribution is -0.116. The van der Waals surface area contributed by atoms with Crippen LogP contribution >= 0.6 is 0 Å². The highest BCUT2D eigenvalue weighted by molar-refractivity contribution is 5.90. The van der Waals surface area contributed by atoms with Gasteiger partial charge in [0.15, 0.2) is 0 Å². The topological polar surface area (TPSA) is 46.9 Å². The number of nitrogens with zero attached hydrogens (tertiary/aromatic N) is 2. The van der Waals surface area contributed by atoms with Crippen LogP contribution in [0.2, 0.25) is 0 Å². The zero-order valence-electron chi connectivity index (χ0n) is 15.0. The Balaban J connectivity index is 1.95. The van der Waals surface area contributed by atoms with Crippen LogP contribution in [0.25, 0.3) is 0 Å². The van der Waals surface area contributed by atoms with Crippen molar-refractivity contribution < 1.29 is 4.79 Å². The van der Waals surface area contributed by atoms with E-state index >= 15 is 0 Å². The fraction of sp³-hybridized carbons (Fsp3) is 0.474. The number of benzene rings is 1. The molecule has 2 rings (SSSR count). The number of hydrogen-bond acceptors (Lipinski definition) is 2. The fourth-order valence-corrected chi connectivity index (χ4v) is 2.69. The van der Waals surface area contributed by atoms with Crippen molar-refractivity contribution in [1.82, 2.24) is 9.78 Å². The summed E-state index contributed by atoms with van der Waals surface area (Å²) in [7, 11) is 1.93. The summed E-state index contributed by atoms with van der Waals surface area (Å²) in [6.45, 7) is 10.6. The van der Waals surface area contributed by atoms with Gasteiger partial charge in [0.2, 0.25) is 5.91 Å². The van der Waals surface area contributed by atoms with Crippen molar-refractivity contribution in [3.8, 4) is 0 Å². The van der Waals surface area contributed by atoms with E-state index in [0.29, 0.717) is 6.42 Å². The number of aromatic nitrogens is 2. The van der Waals surface area contributed by atoms with E-state index in [1.807, 2.05) is 37.7 Å². The summed E-state index contributed by atoms with van der Waals surface area (Å²) < 4.78 is 1.87. The standard InChI is InChI=1S/C19H27N3O/c1-13-17(14(2)22(6)21-13)11-12-18(23)20-16-9-7-15(8-10-16)19(3,4)5/h7-10H,11-12H2,1-6H3,(H,20,23). The van der Waals surface area contributed by atoms with Crippen molar-refractivity contribution in [3.63, 3.8) is 0 Å². The molecule has 23 heavy (non-hydrogen) atoms. The normalized spacial score (nSPS) is 11.6. The SMILES string of the molecule is Cc1nn(C)c(C)c1CCC(=O)Nc1ccc(C(C)(C)C)cc1. The number of hydrogen-bond donors (Lipinski definition) is 1. The largest absolute Gasteiger partial charge is 0.326 e. The zero-order valence-corrected chi connectivity index (χ0v) is 15.0. The maximum atomic E-state index is 12.2. The second-order valence-corrected chi connectivity index (χ2v) is 7.15. The van der Waals surface area contributed by atoms with Gasteiger partial charge in [-0.15, -0.1) is 0 Å². The Morgan fingerprint density at radius 2 is 1.78 bits per heavy atom. The summed E-state index contributed by atoms with van der Waals surface area (Å²) in [5.41, 5.74) is 5.54. The molecule has 2 aromatic rings. The zero-order chi connectivity index (χ0) is 17.2. The Morgan fingerprint density at radius 1 is 1.17 bits per heavy atom. The van der Waals surface area contributed by atoms with Crippen molar-refractivity contribution in [2.75, 3.05) is 5.32 Å². The highest BCUT2D eigenvalue weighted by Gasteiger charge is 2.14. The van der Waals surface area contributed by atoms with Gasteiger partial charge in [-0.3, -0.25) is 9.48 Å². The monoisotopic (exact) mass is 313 g/mol. The van der Waals surface area contributed by atoms with Gasteiger partial charge in [-0.25, -0.2) is 0 Å². The molecule has 0 atom stereocenters. The number of aryl methyl sites for hydroxylation is 2. The Hall–Kier alpha value is -2.10. The third-order valence-electron chi connectivity index (χ3n) is 4.30. The first kappa shape index (κ1) is 17.3. The molecule has 0 saturated carbocycles. The maximum Gasteiger partial charge on any atom is 0.224 e. The average molecular weight is 313 g/mol. The summed E-state index contributed by atoms with van der Waals surface area (Å²) in [4.78, 5) is 12.2. The van der Waals surface area contributed by atoms with Crippen LogP contribution in [0.3, 0.4) is 0 Å². The second-order valence-electron chi connectivity index (χ2n) is 7.15. The molecular formula is C19H27N3O. The van der Waals surface area contributed by atoms with Crippen LogP contribution in [0.4, 0.5) is 5.69 Å². The molecule has 0 aliphatic heterocycles. The lowest BCUT2D eigenvalue weighted by atomic mass is 9.87. The van der Waals surface area contributed by atoms with E-state index in [1.165, 1.54) is 11.1 Å². The minimum Gasteiger partial charge on any atom is -0.326 e. The molecule has 1 aromatic carbocycles. The van der Waals surface area contributed by atoms with Crippen LogP contribution in [-0.4, -0.2) is 15.7 Å². The van der Waals surface area contributed by atoms with Gasteiger partial charge >= 0.3 is 0 Å². The van der Waals surface area contributed by atoms with Gasteiger partial charge < -0.3 is 5.32 Å². The molecule has 0 spiro atoms. The predicted octanol–water partition coefficient (Wildman–Crippen LogP) is 3.91. The summed E-state index contributed by atoms with van der Waals surface area (Å²) in [5, 5.41) is 7.36. The number of carbonyl (C=O) groups excluding carboxylic acids is 1.